The van der Waals surface area contributed by atoms with Crippen molar-refractivity contribution in [3.8, 4) is 0 Å². The summed E-state index contributed by atoms with van der Waals surface area (Å²) in [4.78, 5) is 2.88. The zero-order chi connectivity index (χ0) is 13.0. The molecule has 2 aliphatic rings. The van der Waals surface area contributed by atoms with Crippen molar-refractivity contribution < 1.29 is 0 Å². The van der Waals surface area contributed by atoms with Crippen LogP contribution in [0.2, 0.25) is 0 Å². The molecule has 2 unspecified atom stereocenters. The minimum atomic E-state index is 0.788. The lowest BCUT2D eigenvalue weighted by molar-refractivity contribution is 0.119. The van der Waals surface area contributed by atoms with Crippen LogP contribution in [0, 0.1) is 5.92 Å². The third-order valence-electron chi connectivity index (χ3n) is 4.74. The van der Waals surface area contributed by atoms with Crippen LogP contribution in [-0.4, -0.2) is 36.1 Å². The molecule has 106 valence electrons. The molecule has 2 atom stereocenters. The van der Waals surface area contributed by atoms with Crippen LogP contribution in [0.4, 0.5) is 0 Å². The van der Waals surface area contributed by atoms with Gasteiger partial charge in [-0.05, 0) is 44.6 Å². The van der Waals surface area contributed by atoms with Crippen LogP contribution in [0.15, 0.2) is 0 Å². The van der Waals surface area contributed by atoms with Crippen molar-refractivity contribution in [3.63, 3.8) is 0 Å². The van der Waals surface area contributed by atoms with Crippen molar-refractivity contribution in [2.75, 3.05) is 13.1 Å². The number of nitrogens with one attached hydrogen (secondary N) is 1. The summed E-state index contributed by atoms with van der Waals surface area (Å²) in [5.74, 6) is 0.809. The van der Waals surface area contributed by atoms with Crippen LogP contribution in [0.1, 0.15) is 65.7 Å². The lowest BCUT2D eigenvalue weighted by atomic mass is 10.1. The van der Waals surface area contributed by atoms with Crippen LogP contribution in [0.3, 0.4) is 0 Å². The van der Waals surface area contributed by atoms with E-state index < -0.39 is 0 Å². The van der Waals surface area contributed by atoms with Crippen molar-refractivity contribution in [3.05, 3.63) is 0 Å². The Morgan fingerprint density at radius 3 is 2.39 bits per heavy atom. The van der Waals surface area contributed by atoms with Gasteiger partial charge in [-0.3, -0.25) is 4.90 Å². The van der Waals surface area contributed by atoms with Gasteiger partial charge in [-0.15, -0.1) is 0 Å². The fraction of sp³-hybridized carbons (Fsp3) is 1.00. The van der Waals surface area contributed by atoms with E-state index in [0.29, 0.717) is 0 Å². The molecule has 0 saturated heterocycles. The molecule has 0 aromatic rings. The van der Waals surface area contributed by atoms with Crippen molar-refractivity contribution in [2.45, 2.75) is 83.8 Å². The van der Waals surface area contributed by atoms with Crippen LogP contribution in [0.5, 0.6) is 0 Å². The van der Waals surface area contributed by atoms with Gasteiger partial charge >= 0.3 is 0 Å². The smallest absolute Gasteiger partial charge is 0.0114 e. The van der Waals surface area contributed by atoms with Gasteiger partial charge in [0.25, 0.3) is 0 Å². The summed E-state index contributed by atoms with van der Waals surface area (Å²) < 4.78 is 0. The molecule has 2 rings (SSSR count). The summed E-state index contributed by atoms with van der Waals surface area (Å²) in [5, 5.41) is 3.65. The molecule has 0 bridgehead atoms. The Hall–Kier alpha value is -0.0800. The van der Waals surface area contributed by atoms with Crippen molar-refractivity contribution in [2.24, 2.45) is 5.92 Å². The molecule has 2 fully saturated rings. The summed E-state index contributed by atoms with van der Waals surface area (Å²) in [6.07, 6.45) is 10.0. The fourth-order valence-electron chi connectivity index (χ4n) is 3.99. The first kappa shape index (κ1) is 14.3. The Kier molecular flexibility index (Phi) is 5.50. The van der Waals surface area contributed by atoms with Gasteiger partial charge < -0.3 is 5.32 Å². The highest BCUT2D eigenvalue weighted by atomic mass is 15.2. The lowest BCUT2D eigenvalue weighted by Gasteiger charge is -2.36. The molecule has 2 saturated carbocycles. The molecule has 0 radical (unpaired) electrons. The largest absolute Gasteiger partial charge is 0.314 e. The molecule has 0 aromatic carbocycles. The minimum Gasteiger partial charge on any atom is -0.314 e. The van der Waals surface area contributed by atoms with E-state index in [1.807, 2.05) is 0 Å². The first-order valence-electron chi connectivity index (χ1n) is 8.19. The van der Waals surface area contributed by atoms with E-state index in [4.69, 9.17) is 0 Å². The van der Waals surface area contributed by atoms with Crippen LogP contribution in [0.25, 0.3) is 0 Å². The van der Waals surface area contributed by atoms with Gasteiger partial charge in [0, 0.05) is 24.7 Å². The quantitative estimate of drug-likeness (QED) is 0.779. The predicted octanol–water partition coefficient (Wildman–Crippen LogP) is 3.42. The number of hydrogen-bond acceptors (Lipinski definition) is 2. The highest BCUT2D eigenvalue weighted by Crippen LogP contribution is 2.32. The van der Waals surface area contributed by atoms with Crippen molar-refractivity contribution in [1.82, 2.24) is 10.2 Å². The van der Waals surface area contributed by atoms with Crippen molar-refractivity contribution >= 4 is 0 Å². The maximum Gasteiger partial charge on any atom is 0.0114 e. The molecule has 0 aliphatic heterocycles. The normalized spacial score (nSPS) is 29.8. The summed E-state index contributed by atoms with van der Waals surface area (Å²) in [6, 6.07) is 2.55. The summed E-state index contributed by atoms with van der Waals surface area (Å²) >= 11 is 0. The molecule has 18 heavy (non-hydrogen) atoms. The van der Waals surface area contributed by atoms with E-state index >= 15 is 0 Å². The van der Waals surface area contributed by atoms with Crippen molar-refractivity contribution in [1.29, 1.82) is 0 Å². The molecule has 0 spiro atoms. The number of rotatable bonds is 6. The predicted molar refractivity (Wildman–Crippen MR) is 78.9 cm³/mol. The molecule has 0 heterocycles. The maximum atomic E-state index is 3.65. The first-order valence-corrected chi connectivity index (χ1v) is 8.19. The second-order valence-corrected chi connectivity index (χ2v) is 6.75. The van der Waals surface area contributed by atoms with Gasteiger partial charge in [0.1, 0.15) is 0 Å². The zero-order valence-electron chi connectivity index (χ0n) is 12.6. The third kappa shape index (κ3) is 3.71. The van der Waals surface area contributed by atoms with E-state index in [0.717, 1.165) is 30.6 Å². The molecule has 1 N–H and O–H groups in total. The second kappa shape index (κ2) is 6.91. The zero-order valence-corrected chi connectivity index (χ0v) is 12.6. The lowest BCUT2D eigenvalue weighted by Crippen LogP contribution is -2.43. The van der Waals surface area contributed by atoms with Crippen LogP contribution >= 0.6 is 0 Å². The summed E-state index contributed by atoms with van der Waals surface area (Å²) in [6.45, 7) is 9.42. The van der Waals surface area contributed by atoms with E-state index in [2.05, 4.69) is 31.0 Å². The molecule has 0 aromatic heterocycles. The Morgan fingerprint density at radius 2 is 1.78 bits per heavy atom. The Morgan fingerprint density at radius 1 is 1.06 bits per heavy atom. The van der Waals surface area contributed by atoms with E-state index in [1.165, 1.54) is 51.5 Å². The van der Waals surface area contributed by atoms with Gasteiger partial charge in [0.2, 0.25) is 0 Å². The second-order valence-electron chi connectivity index (χ2n) is 6.75. The Bertz CT molecular complexity index is 233. The molecule has 0 amide bonds. The Labute approximate surface area is 114 Å². The van der Waals surface area contributed by atoms with Gasteiger partial charge in [0.15, 0.2) is 0 Å². The number of nitrogens with zero attached hydrogens (tertiary/aromatic N) is 1. The molecular weight excluding hydrogens is 220 g/mol. The van der Waals surface area contributed by atoms with Gasteiger partial charge in [-0.2, -0.15) is 0 Å². The van der Waals surface area contributed by atoms with E-state index in [9.17, 15) is 0 Å². The SMILES string of the molecule is CCNC1CCC(N(CC(C)C)C2CCCC2)C1. The molecular formula is C16H32N2. The monoisotopic (exact) mass is 252 g/mol. The minimum absolute atomic E-state index is 0.788. The standard InChI is InChI=1S/C16H32N2/c1-4-17-14-9-10-16(11-14)18(12-13(2)3)15-7-5-6-8-15/h13-17H,4-12H2,1-3H3. The Balaban J connectivity index is 1.91. The van der Waals surface area contributed by atoms with E-state index in [1.54, 1.807) is 0 Å². The average Bonchev–Trinajstić information content (AvgIpc) is 2.97. The fourth-order valence-corrected chi connectivity index (χ4v) is 3.99. The van der Waals surface area contributed by atoms with Gasteiger partial charge in [-0.1, -0.05) is 33.6 Å². The molecule has 2 nitrogen and oxygen atoms in total. The summed E-state index contributed by atoms with van der Waals surface area (Å²) in [7, 11) is 0. The average molecular weight is 252 g/mol. The highest BCUT2D eigenvalue weighted by molar-refractivity contribution is 4.91. The topological polar surface area (TPSA) is 15.3 Å². The maximum absolute atomic E-state index is 3.65. The molecule has 2 heteroatoms. The van der Waals surface area contributed by atoms with Crippen LogP contribution in [-0.2, 0) is 0 Å². The highest BCUT2D eigenvalue weighted by Gasteiger charge is 2.33. The van der Waals surface area contributed by atoms with Gasteiger partial charge in [-0.25, -0.2) is 0 Å². The summed E-state index contributed by atoms with van der Waals surface area (Å²) in [5.41, 5.74) is 0. The third-order valence-corrected chi connectivity index (χ3v) is 4.74. The van der Waals surface area contributed by atoms with Gasteiger partial charge in [0.05, 0.1) is 0 Å². The molecule has 2 aliphatic carbocycles. The number of hydrogen-bond donors (Lipinski definition) is 1. The van der Waals surface area contributed by atoms with E-state index in [-0.39, 0.29) is 0 Å². The van der Waals surface area contributed by atoms with Crippen LogP contribution < -0.4 is 5.32 Å². The first-order chi connectivity index (χ1) is 8.70.